The van der Waals surface area contributed by atoms with Gasteiger partial charge >= 0.3 is 23.9 Å². The van der Waals surface area contributed by atoms with Gasteiger partial charge < -0.3 is 23.7 Å². The largest absolute Gasteiger partial charge is 0.469 e. The Bertz CT molecular complexity index is 767. The van der Waals surface area contributed by atoms with E-state index in [4.69, 9.17) is 14.2 Å². The minimum Gasteiger partial charge on any atom is -0.469 e. The smallest absolute Gasteiger partial charge is 0.340 e. The molecule has 0 bridgehead atoms. The quantitative estimate of drug-likeness (QED) is 0.341. The topological polar surface area (TPSA) is 114 Å². The average molecular weight is 408 g/mol. The molecule has 0 unspecified atom stereocenters. The van der Waals surface area contributed by atoms with Crippen LogP contribution in [0.25, 0.3) is 0 Å². The second-order valence-electron chi connectivity index (χ2n) is 5.75. The SMILES string of the molecule is COC(=O)C[C@@H](OC(=O)[C@@H](OC)c1ccccc1)/C(C(=O)OC)=C(\C)C(=O)OC. The molecule has 0 saturated heterocycles. The number of hydrogen-bond donors (Lipinski definition) is 0. The van der Waals surface area contributed by atoms with Gasteiger partial charge in [0, 0.05) is 12.7 Å². The third kappa shape index (κ3) is 6.42. The van der Waals surface area contributed by atoms with Crippen molar-refractivity contribution in [3.05, 3.63) is 47.0 Å². The third-order valence-electron chi connectivity index (χ3n) is 4.01. The normalized spacial score (nSPS) is 13.4. The zero-order valence-corrected chi connectivity index (χ0v) is 16.9. The summed E-state index contributed by atoms with van der Waals surface area (Å²) in [5.74, 6) is -3.44. The molecule has 0 amide bonds. The molecular formula is C20H24O9. The average Bonchev–Trinajstić information content (AvgIpc) is 2.73. The van der Waals surface area contributed by atoms with E-state index in [2.05, 4.69) is 9.47 Å². The van der Waals surface area contributed by atoms with Crippen LogP contribution in [0.1, 0.15) is 25.0 Å². The molecule has 29 heavy (non-hydrogen) atoms. The van der Waals surface area contributed by atoms with Crippen molar-refractivity contribution in [3.8, 4) is 0 Å². The molecule has 0 heterocycles. The van der Waals surface area contributed by atoms with Gasteiger partial charge in [-0.05, 0) is 12.5 Å². The van der Waals surface area contributed by atoms with Crippen LogP contribution in [-0.2, 0) is 42.9 Å². The molecule has 0 aliphatic heterocycles. The van der Waals surface area contributed by atoms with Gasteiger partial charge in [0.1, 0.15) is 6.10 Å². The predicted molar refractivity (Wildman–Crippen MR) is 99.4 cm³/mol. The molecule has 0 aliphatic rings. The van der Waals surface area contributed by atoms with Crippen molar-refractivity contribution in [3.63, 3.8) is 0 Å². The lowest BCUT2D eigenvalue weighted by Gasteiger charge is -2.23. The van der Waals surface area contributed by atoms with Gasteiger partial charge in [-0.3, -0.25) is 4.79 Å². The number of carbonyl (C=O) groups is 4. The van der Waals surface area contributed by atoms with Gasteiger partial charge in [0.15, 0.2) is 6.10 Å². The van der Waals surface area contributed by atoms with Crippen molar-refractivity contribution in [1.29, 1.82) is 0 Å². The van der Waals surface area contributed by atoms with E-state index in [1.807, 2.05) is 0 Å². The first-order chi connectivity index (χ1) is 13.8. The zero-order chi connectivity index (χ0) is 22.0. The lowest BCUT2D eigenvalue weighted by molar-refractivity contribution is -0.163. The van der Waals surface area contributed by atoms with Crippen LogP contribution in [0.4, 0.5) is 0 Å². The third-order valence-corrected chi connectivity index (χ3v) is 4.01. The molecule has 1 aromatic carbocycles. The summed E-state index contributed by atoms with van der Waals surface area (Å²) in [6.07, 6.45) is -3.09. The summed E-state index contributed by atoms with van der Waals surface area (Å²) in [5, 5.41) is 0. The van der Waals surface area contributed by atoms with Gasteiger partial charge in [-0.2, -0.15) is 0 Å². The van der Waals surface area contributed by atoms with E-state index in [-0.39, 0.29) is 11.1 Å². The maximum atomic E-state index is 12.7. The van der Waals surface area contributed by atoms with E-state index in [0.29, 0.717) is 5.56 Å². The number of ether oxygens (including phenoxy) is 5. The van der Waals surface area contributed by atoms with E-state index in [0.717, 1.165) is 21.3 Å². The standard InChI is InChI=1S/C20H24O9/c1-12(18(22)27-4)16(19(23)28-5)14(11-15(21)25-2)29-20(24)17(26-3)13-9-7-6-8-10-13/h6-10,14,17H,11H2,1-5H3/b16-12-/t14-,17+/m1/s1. The predicted octanol–water partition coefficient (Wildman–Crippen LogP) is 1.51. The van der Waals surface area contributed by atoms with Gasteiger partial charge in [0.25, 0.3) is 0 Å². The number of esters is 4. The second kappa shape index (κ2) is 11.6. The molecule has 0 aromatic heterocycles. The van der Waals surface area contributed by atoms with E-state index in [1.165, 1.54) is 14.0 Å². The molecule has 9 heteroatoms. The van der Waals surface area contributed by atoms with Crippen molar-refractivity contribution < 1.29 is 42.9 Å². The van der Waals surface area contributed by atoms with Crippen LogP contribution in [0.3, 0.4) is 0 Å². The Balaban J connectivity index is 3.35. The molecule has 2 atom stereocenters. The van der Waals surface area contributed by atoms with Gasteiger partial charge in [-0.25, -0.2) is 14.4 Å². The van der Waals surface area contributed by atoms with E-state index in [9.17, 15) is 19.2 Å². The van der Waals surface area contributed by atoms with E-state index >= 15 is 0 Å². The first-order valence-electron chi connectivity index (χ1n) is 8.53. The molecule has 0 saturated carbocycles. The molecular weight excluding hydrogens is 384 g/mol. The van der Waals surface area contributed by atoms with Crippen molar-refractivity contribution >= 4 is 23.9 Å². The number of methoxy groups -OCH3 is 4. The van der Waals surface area contributed by atoms with Crippen LogP contribution in [0, 0.1) is 0 Å². The molecule has 0 radical (unpaired) electrons. The van der Waals surface area contributed by atoms with Crippen LogP contribution in [0.2, 0.25) is 0 Å². The number of benzene rings is 1. The summed E-state index contributed by atoms with van der Waals surface area (Å²) in [7, 11) is 4.66. The first kappa shape index (κ1) is 23.8. The lowest BCUT2D eigenvalue weighted by Crippen LogP contribution is -2.33. The summed E-state index contributed by atoms with van der Waals surface area (Å²) >= 11 is 0. The molecule has 0 aliphatic carbocycles. The highest BCUT2D eigenvalue weighted by Crippen LogP contribution is 2.24. The van der Waals surface area contributed by atoms with E-state index < -0.39 is 42.5 Å². The molecule has 0 fully saturated rings. The molecule has 158 valence electrons. The van der Waals surface area contributed by atoms with Gasteiger partial charge in [-0.15, -0.1) is 0 Å². The van der Waals surface area contributed by atoms with Crippen LogP contribution in [0.15, 0.2) is 41.5 Å². The minimum atomic E-state index is -1.46. The van der Waals surface area contributed by atoms with Crippen LogP contribution >= 0.6 is 0 Å². The summed E-state index contributed by atoms with van der Waals surface area (Å²) in [6, 6.07) is 8.49. The molecule has 1 aromatic rings. The van der Waals surface area contributed by atoms with Crippen LogP contribution < -0.4 is 0 Å². The van der Waals surface area contributed by atoms with Crippen molar-refractivity contribution in [2.24, 2.45) is 0 Å². The van der Waals surface area contributed by atoms with Crippen molar-refractivity contribution in [1.82, 2.24) is 0 Å². The minimum absolute atomic E-state index is 0.172. The van der Waals surface area contributed by atoms with Gasteiger partial charge in [0.05, 0.1) is 33.3 Å². The highest BCUT2D eigenvalue weighted by atomic mass is 16.6. The summed E-state index contributed by atoms with van der Waals surface area (Å²) in [5.41, 5.74) is 0.000788. The van der Waals surface area contributed by atoms with Crippen molar-refractivity contribution in [2.75, 3.05) is 28.4 Å². The number of carbonyl (C=O) groups excluding carboxylic acids is 4. The zero-order valence-electron chi connectivity index (χ0n) is 16.9. The summed E-state index contributed by atoms with van der Waals surface area (Å²) in [6.45, 7) is 1.29. The fourth-order valence-electron chi connectivity index (χ4n) is 2.53. The molecule has 0 N–H and O–H groups in total. The second-order valence-corrected chi connectivity index (χ2v) is 5.75. The van der Waals surface area contributed by atoms with Crippen LogP contribution in [0.5, 0.6) is 0 Å². The first-order valence-corrected chi connectivity index (χ1v) is 8.53. The molecule has 0 spiro atoms. The van der Waals surface area contributed by atoms with Gasteiger partial charge in [0.2, 0.25) is 0 Å². The fourth-order valence-corrected chi connectivity index (χ4v) is 2.53. The van der Waals surface area contributed by atoms with Crippen molar-refractivity contribution in [2.45, 2.75) is 25.6 Å². The summed E-state index contributed by atoms with van der Waals surface area (Å²) in [4.78, 5) is 48.9. The Labute approximate surface area is 168 Å². The fraction of sp³-hybridized carbons (Fsp3) is 0.400. The summed E-state index contributed by atoms with van der Waals surface area (Å²) < 4.78 is 24.5. The Hall–Kier alpha value is -3.20. The monoisotopic (exact) mass is 408 g/mol. The Kier molecular flexibility index (Phi) is 9.54. The number of rotatable bonds is 9. The van der Waals surface area contributed by atoms with Crippen LogP contribution in [-0.4, -0.2) is 58.4 Å². The lowest BCUT2D eigenvalue weighted by atomic mass is 10.0. The highest BCUT2D eigenvalue weighted by Gasteiger charge is 2.34. The Morgan fingerprint density at radius 1 is 0.862 bits per heavy atom. The van der Waals surface area contributed by atoms with Gasteiger partial charge in [-0.1, -0.05) is 30.3 Å². The maximum Gasteiger partial charge on any atom is 0.340 e. The number of hydrogen-bond acceptors (Lipinski definition) is 9. The molecule has 9 nitrogen and oxygen atoms in total. The Morgan fingerprint density at radius 2 is 1.45 bits per heavy atom. The molecule has 1 rings (SSSR count). The highest BCUT2D eigenvalue weighted by molar-refractivity contribution is 6.01. The maximum absolute atomic E-state index is 12.7. The van der Waals surface area contributed by atoms with E-state index in [1.54, 1.807) is 30.3 Å². The Morgan fingerprint density at radius 3 is 1.93 bits per heavy atom.